The van der Waals surface area contributed by atoms with Crippen molar-refractivity contribution in [1.29, 1.82) is 0 Å². The zero-order valence-electron chi connectivity index (χ0n) is 33.3. The van der Waals surface area contributed by atoms with E-state index >= 15 is 0 Å². The van der Waals surface area contributed by atoms with Crippen LogP contribution in [0.1, 0.15) is 0 Å². The summed E-state index contributed by atoms with van der Waals surface area (Å²) in [5.41, 5.74) is 10.1. The molecular weight excluding hydrogens is 757 g/mol. The Kier molecular flexibility index (Phi) is 7.54. The minimum Gasteiger partial charge on any atom is -0.456 e. The van der Waals surface area contributed by atoms with Crippen LogP contribution >= 0.6 is 0 Å². The molecule has 0 aliphatic heterocycles. The monoisotopic (exact) mass is 790 g/mol. The summed E-state index contributed by atoms with van der Waals surface area (Å²) >= 11 is 0. The zero-order valence-corrected chi connectivity index (χ0v) is 33.3. The molecule has 0 spiro atoms. The number of fused-ring (bicyclic) bond motifs is 9. The molecule has 0 atom stereocenters. The van der Waals surface area contributed by atoms with Crippen molar-refractivity contribution in [3.8, 4) is 51.0 Å². The molecule has 3 heterocycles. The minimum atomic E-state index is 0.611. The number of para-hydroxylation sites is 2. The van der Waals surface area contributed by atoms with Gasteiger partial charge >= 0.3 is 0 Å². The number of furan rings is 1. The predicted molar refractivity (Wildman–Crippen MR) is 256 cm³/mol. The summed E-state index contributed by atoms with van der Waals surface area (Å²) in [5, 5.41) is 11.3. The first-order chi connectivity index (χ1) is 30.7. The van der Waals surface area contributed by atoms with Crippen molar-refractivity contribution in [3.63, 3.8) is 0 Å². The molecule has 0 saturated carbocycles. The lowest BCUT2D eigenvalue weighted by Crippen LogP contribution is -2.01. The van der Waals surface area contributed by atoms with Crippen LogP contribution in [0, 0.1) is 0 Å². The van der Waals surface area contributed by atoms with Gasteiger partial charge in [0.15, 0.2) is 17.5 Å². The van der Waals surface area contributed by atoms with Crippen LogP contribution in [0.25, 0.3) is 127 Å². The van der Waals surface area contributed by atoms with Crippen molar-refractivity contribution in [3.05, 3.63) is 206 Å². The molecule has 0 bridgehead atoms. The smallest absolute Gasteiger partial charge is 0.164 e. The second-order valence-electron chi connectivity index (χ2n) is 15.9. The highest BCUT2D eigenvalue weighted by Gasteiger charge is 2.21. The molecule has 13 aromatic rings. The molecule has 0 fully saturated rings. The van der Waals surface area contributed by atoms with E-state index in [0.717, 1.165) is 93.4 Å². The average Bonchev–Trinajstić information content (AvgIpc) is 3.87. The Hall–Kier alpha value is -8.41. The van der Waals surface area contributed by atoms with E-state index in [-0.39, 0.29) is 0 Å². The lowest BCUT2D eigenvalue weighted by molar-refractivity contribution is 0.669. The molecule has 0 aliphatic rings. The van der Waals surface area contributed by atoms with Gasteiger partial charge < -0.3 is 8.98 Å². The van der Waals surface area contributed by atoms with Crippen LogP contribution in [0.4, 0.5) is 0 Å². The molecule has 0 radical (unpaired) electrons. The first kappa shape index (κ1) is 34.5. The fourth-order valence-electron chi connectivity index (χ4n) is 9.60. The summed E-state index contributed by atoms with van der Waals surface area (Å²) in [6.45, 7) is 0. The van der Waals surface area contributed by atoms with Crippen LogP contribution in [0.5, 0.6) is 0 Å². The number of hydrogen-bond acceptors (Lipinski definition) is 4. The Bertz CT molecular complexity index is 3930. The van der Waals surface area contributed by atoms with Crippen molar-refractivity contribution in [2.24, 2.45) is 0 Å². The maximum Gasteiger partial charge on any atom is 0.164 e. The van der Waals surface area contributed by atoms with Crippen molar-refractivity contribution in [2.45, 2.75) is 0 Å². The van der Waals surface area contributed by atoms with Gasteiger partial charge in [0.25, 0.3) is 0 Å². The zero-order chi connectivity index (χ0) is 40.7. The maximum absolute atomic E-state index is 6.52. The molecular formula is C57H34N4O. The Balaban J connectivity index is 1.05. The van der Waals surface area contributed by atoms with E-state index in [1.54, 1.807) is 0 Å². The van der Waals surface area contributed by atoms with Crippen LogP contribution in [-0.2, 0) is 0 Å². The summed E-state index contributed by atoms with van der Waals surface area (Å²) in [6.07, 6.45) is 0. The third kappa shape index (κ3) is 5.32. The van der Waals surface area contributed by atoms with Crippen LogP contribution < -0.4 is 0 Å². The van der Waals surface area contributed by atoms with Gasteiger partial charge in [0, 0.05) is 43.9 Å². The molecule has 0 aliphatic carbocycles. The Morgan fingerprint density at radius 3 is 1.73 bits per heavy atom. The van der Waals surface area contributed by atoms with E-state index in [0.29, 0.717) is 17.5 Å². The average molecular weight is 791 g/mol. The lowest BCUT2D eigenvalue weighted by atomic mass is 9.92. The summed E-state index contributed by atoms with van der Waals surface area (Å²) in [4.78, 5) is 16.0. The fraction of sp³-hybridized carbons (Fsp3) is 0. The van der Waals surface area contributed by atoms with Crippen molar-refractivity contribution >= 4 is 76.1 Å². The van der Waals surface area contributed by atoms with Crippen molar-refractivity contribution in [1.82, 2.24) is 19.5 Å². The third-order valence-corrected chi connectivity index (χ3v) is 12.4. The maximum atomic E-state index is 6.52. The highest BCUT2D eigenvalue weighted by molar-refractivity contribution is 6.18. The summed E-state index contributed by atoms with van der Waals surface area (Å²) in [6, 6.07) is 72.7. The normalized spacial score (nSPS) is 11.9. The Labute approximate surface area is 355 Å². The molecule has 0 saturated heterocycles. The van der Waals surface area contributed by atoms with Gasteiger partial charge in [-0.1, -0.05) is 158 Å². The largest absolute Gasteiger partial charge is 0.456 e. The molecule has 0 unspecified atom stereocenters. The summed E-state index contributed by atoms with van der Waals surface area (Å²) in [5.74, 6) is 1.85. The quantitative estimate of drug-likeness (QED) is 0.174. The standard InChI is InChI=1S/C57H34N4O/c1-2-18-39(19-3-1)61-50-26-11-10-23-44(50)45-29-28-38(33-51(45)61)55-58-56(47-25-12-17-35-14-6-7-20-40(35)47)60-57(59-55)48-31-30-43(41-21-8-9-22-42(41)48)46-24-13-27-52-54(46)49-32-36-15-4-5-16-37(36)34-53(49)62-52/h1-34H. The minimum absolute atomic E-state index is 0.611. The van der Waals surface area contributed by atoms with Gasteiger partial charge in [0.2, 0.25) is 0 Å². The summed E-state index contributed by atoms with van der Waals surface area (Å²) < 4.78 is 8.85. The Morgan fingerprint density at radius 1 is 0.323 bits per heavy atom. The highest BCUT2D eigenvalue weighted by Crippen LogP contribution is 2.43. The molecule has 10 aromatic carbocycles. The molecule has 288 valence electrons. The molecule has 0 N–H and O–H groups in total. The van der Waals surface area contributed by atoms with E-state index in [2.05, 4.69) is 211 Å². The molecule has 5 nitrogen and oxygen atoms in total. The van der Waals surface area contributed by atoms with Gasteiger partial charge in [-0.25, -0.2) is 15.0 Å². The molecule has 13 rings (SSSR count). The van der Waals surface area contributed by atoms with Crippen LogP contribution in [-0.4, -0.2) is 19.5 Å². The van der Waals surface area contributed by atoms with Gasteiger partial charge in [-0.05, 0) is 92.0 Å². The second kappa shape index (κ2) is 13.6. The van der Waals surface area contributed by atoms with Crippen LogP contribution in [0.2, 0.25) is 0 Å². The topological polar surface area (TPSA) is 56.7 Å². The first-order valence-corrected chi connectivity index (χ1v) is 20.9. The number of aromatic nitrogens is 4. The molecule has 62 heavy (non-hydrogen) atoms. The first-order valence-electron chi connectivity index (χ1n) is 20.9. The lowest BCUT2D eigenvalue weighted by Gasteiger charge is -2.14. The molecule has 0 amide bonds. The van der Waals surface area contributed by atoms with Gasteiger partial charge in [-0.15, -0.1) is 0 Å². The Morgan fingerprint density at radius 2 is 0.903 bits per heavy atom. The van der Waals surface area contributed by atoms with Crippen LogP contribution in [0.3, 0.4) is 0 Å². The van der Waals surface area contributed by atoms with Gasteiger partial charge in [0.05, 0.1) is 11.0 Å². The fourth-order valence-corrected chi connectivity index (χ4v) is 9.60. The predicted octanol–water partition coefficient (Wildman–Crippen LogP) is 15.0. The number of nitrogens with zero attached hydrogens (tertiary/aromatic N) is 4. The van der Waals surface area contributed by atoms with Gasteiger partial charge in [0.1, 0.15) is 11.2 Å². The SMILES string of the molecule is c1ccc(-n2c3ccccc3c3ccc(-c4nc(-c5cccc6ccccc56)nc(-c5ccc(-c6cccc7oc8cc9ccccc9cc8c67)c6ccccc56)n4)cc32)cc1. The van der Waals surface area contributed by atoms with Gasteiger partial charge in [-0.2, -0.15) is 0 Å². The van der Waals surface area contributed by atoms with Crippen molar-refractivity contribution in [2.75, 3.05) is 0 Å². The number of benzene rings is 10. The van der Waals surface area contributed by atoms with E-state index in [4.69, 9.17) is 19.4 Å². The van der Waals surface area contributed by atoms with Crippen molar-refractivity contribution < 1.29 is 4.42 Å². The van der Waals surface area contributed by atoms with Gasteiger partial charge in [-0.3, -0.25) is 0 Å². The second-order valence-corrected chi connectivity index (χ2v) is 15.9. The highest BCUT2D eigenvalue weighted by atomic mass is 16.3. The molecule has 5 heteroatoms. The van der Waals surface area contributed by atoms with E-state index in [9.17, 15) is 0 Å². The van der Waals surface area contributed by atoms with E-state index in [1.165, 1.54) is 16.2 Å². The number of hydrogen-bond donors (Lipinski definition) is 0. The van der Waals surface area contributed by atoms with E-state index in [1.807, 2.05) is 0 Å². The van der Waals surface area contributed by atoms with Crippen LogP contribution in [0.15, 0.2) is 211 Å². The van der Waals surface area contributed by atoms with E-state index < -0.39 is 0 Å². The summed E-state index contributed by atoms with van der Waals surface area (Å²) in [7, 11) is 0. The molecule has 3 aromatic heterocycles. The third-order valence-electron chi connectivity index (χ3n) is 12.4. The number of rotatable bonds is 5.